The van der Waals surface area contributed by atoms with Crippen molar-refractivity contribution >= 4 is 27.3 Å². The molecule has 2 aromatic carbocycles. The van der Waals surface area contributed by atoms with Crippen LogP contribution in [0.2, 0.25) is 5.02 Å². The lowest BCUT2D eigenvalue weighted by Crippen LogP contribution is -2.24. The van der Waals surface area contributed by atoms with E-state index in [-0.39, 0.29) is 22.9 Å². The third-order valence-electron chi connectivity index (χ3n) is 4.97. The van der Waals surface area contributed by atoms with Gasteiger partial charge in [0.25, 0.3) is 5.91 Å². The van der Waals surface area contributed by atoms with Crippen molar-refractivity contribution in [1.82, 2.24) is 19.7 Å². The highest BCUT2D eigenvalue weighted by Gasteiger charge is 2.20. The van der Waals surface area contributed by atoms with Crippen LogP contribution in [0.1, 0.15) is 23.0 Å². The van der Waals surface area contributed by atoms with Gasteiger partial charge in [-0.2, -0.15) is 5.10 Å². The third-order valence-corrected chi connectivity index (χ3v) is 7.03. The molecule has 0 unspecified atom stereocenters. The molecule has 9 heteroatoms. The second kappa shape index (κ2) is 9.02. The van der Waals surface area contributed by atoms with Gasteiger partial charge in [-0.05, 0) is 48.0 Å². The first kappa shape index (κ1) is 21.9. The summed E-state index contributed by atoms with van der Waals surface area (Å²) in [6.07, 6.45) is 3.73. The van der Waals surface area contributed by atoms with E-state index < -0.39 is 15.7 Å². The van der Waals surface area contributed by atoms with Crippen LogP contribution in [0.25, 0.3) is 11.5 Å². The van der Waals surface area contributed by atoms with Crippen molar-refractivity contribution in [1.29, 1.82) is 0 Å². The molecule has 1 N–H and O–H groups in total. The summed E-state index contributed by atoms with van der Waals surface area (Å²) in [5.74, 6) is 0.230. The van der Waals surface area contributed by atoms with E-state index >= 15 is 0 Å². The van der Waals surface area contributed by atoms with Gasteiger partial charge < -0.3 is 9.88 Å². The van der Waals surface area contributed by atoms with Crippen LogP contribution >= 0.6 is 11.6 Å². The summed E-state index contributed by atoms with van der Waals surface area (Å²) in [7, 11) is -3.46. The van der Waals surface area contributed by atoms with Crippen molar-refractivity contribution in [2.24, 2.45) is 0 Å². The number of hydrogen-bond donors (Lipinski definition) is 1. The minimum absolute atomic E-state index is 0.00497. The second-order valence-electron chi connectivity index (χ2n) is 7.06. The van der Waals surface area contributed by atoms with Gasteiger partial charge in [0.05, 0.1) is 16.3 Å². The Morgan fingerprint density at radius 2 is 1.75 bits per heavy atom. The van der Waals surface area contributed by atoms with Crippen molar-refractivity contribution in [2.75, 3.05) is 5.75 Å². The molecule has 0 spiro atoms. The molecule has 0 aliphatic rings. The summed E-state index contributed by atoms with van der Waals surface area (Å²) in [4.78, 5) is 13.1. The van der Waals surface area contributed by atoms with Gasteiger partial charge in [0, 0.05) is 30.0 Å². The van der Waals surface area contributed by atoms with E-state index in [9.17, 15) is 13.2 Å². The fourth-order valence-corrected chi connectivity index (χ4v) is 4.64. The number of carbonyl (C=O) groups is 1. The summed E-state index contributed by atoms with van der Waals surface area (Å²) < 4.78 is 28.4. The number of sulfone groups is 1. The standard InChI is InChI=1S/C23H21ClN4O3S/c1-2-32(30,31)21-11-10-18(24)14-17(21)16-25-23(29)20-15-22(27-12-6-7-13-27)28(26-20)19-8-4-3-5-9-19/h3-15H,2,16H2,1H3,(H,25,29). The molecular weight excluding hydrogens is 448 g/mol. The maximum Gasteiger partial charge on any atom is 0.272 e. The number of halogens is 1. The van der Waals surface area contributed by atoms with Crippen molar-refractivity contribution in [3.05, 3.63) is 95.4 Å². The minimum atomic E-state index is -3.46. The molecule has 2 aromatic heterocycles. The monoisotopic (exact) mass is 468 g/mol. The Bertz CT molecular complexity index is 1350. The Labute approximate surface area is 191 Å². The molecule has 0 aliphatic carbocycles. The van der Waals surface area contributed by atoms with Crippen LogP contribution in [0.5, 0.6) is 0 Å². The molecule has 0 bridgehead atoms. The molecule has 0 saturated carbocycles. The Hall–Kier alpha value is -3.36. The molecule has 0 atom stereocenters. The van der Waals surface area contributed by atoms with E-state index in [1.54, 1.807) is 23.7 Å². The third kappa shape index (κ3) is 4.46. The van der Waals surface area contributed by atoms with E-state index in [2.05, 4.69) is 10.4 Å². The zero-order valence-electron chi connectivity index (χ0n) is 17.3. The molecular formula is C23H21ClN4O3S. The summed E-state index contributed by atoms with van der Waals surface area (Å²) in [5, 5.41) is 7.66. The summed E-state index contributed by atoms with van der Waals surface area (Å²) in [6.45, 7) is 1.58. The number of benzene rings is 2. The van der Waals surface area contributed by atoms with Crippen LogP contribution in [0.3, 0.4) is 0 Å². The average molecular weight is 469 g/mol. The maximum atomic E-state index is 12.9. The smallest absolute Gasteiger partial charge is 0.272 e. The fourth-order valence-electron chi connectivity index (χ4n) is 3.32. The molecule has 32 heavy (non-hydrogen) atoms. The SMILES string of the molecule is CCS(=O)(=O)c1ccc(Cl)cc1CNC(=O)c1cc(-n2cccc2)n(-c2ccccc2)n1. The minimum Gasteiger partial charge on any atom is -0.347 e. The molecule has 0 radical (unpaired) electrons. The zero-order chi connectivity index (χ0) is 22.7. The first-order chi connectivity index (χ1) is 15.4. The van der Waals surface area contributed by atoms with Crippen molar-refractivity contribution in [3.63, 3.8) is 0 Å². The number of rotatable bonds is 7. The number of para-hydroxylation sites is 1. The van der Waals surface area contributed by atoms with Gasteiger partial charge in [-0.15, -0.1) is 0 Å². The Balaban J connectivity index is 1.64. The number of nitrogens with zero attached hydrogens (tertiary/aromatic N) is 3. The van der Waals surface area contributed by atoms with Crippen LogP contribution in [-0.4, -0.2) is 34.4 Å². The van der Waals surface area contributed by atoms with Gasteiger partial charge in [-0.3, -0.25) is 4.79 Å². The molecule has 1 amide bonds. The summed E-state index contributed by atoms with van der Waals surface area (Å²) >= 11 is 6.07. The number of aromatic nitrogens is 3. The zero-order valence-corrected chi connectivity index (χ0v) is 18.8. The number of amides is 1. The van der Waals surface area contributed by atoms with E-state index in [1.165, 1.54) is 12.1 Å². The molecule has 0 saturated heterocycles. The maximum absolute atomic E-state index is 12.9. The molecule has 0 fully saturated rings. The Morgan fingerprint density at radius 3 is 2.44 bits per heavy atom. The number of carbonyl (C=O) groups excluding carboxylic acids is 1. The molecule has 4 aromatic rings. The lowest BCUT2D eigenvalue weighted by atomic mass is 10.2. The van der Waals surface area contributed by atoms with E-state index in [4.69, 9.17) is 11.6 Å². The molecule has 2 heterocycles. The van der Waals surface area contributed by atoms with Crippen LogP contribution in [0.15, 0.2) is 84.0 Å². The predicted molar refractivity (Wildman–Crippen MR) is 123 cm³/mol. The van der Waals surface area contributed by atoms with Crippen molar-refractivity contribution < 1.29 is 13.2 Å². The van der Waals surface area contributed by atoms with Gasteiger partial charge >= 0.3 is 0 Å². The largest absolute Gasteiger partial charge is 0.347 e. The predicted octanol–water partition coefficient (Wildman–Crippen LogP) is 4.04. The highest BCUT2D eigenvalue weighted by molar-refractivity contribution is 7.91. The van der Waals surface area contributed by atoms with Crippen molar-refractivity contribution in [2.45, 2.75) is 18.4 Å². The highest BCUT2D eigenvalue weighted by atomic mass is 35.5. The van der Waals surface area contributed by atoms with Crippen LogP contribution in [0, 0.1) is 0 Å². The summed E-state index contributed by atoms with van der Waals surface area (Å²) in [6, 6.07) is 19.5. The quantitative estimate of drug-likeness (QED) is 0.443. The normalized spacial score (nSPS) is 11.4. The first-order valence-electron chi connectivity index (χ1n) is 9.97. The van der Waals surface area contributed by atoms with Crippen LogP contribution in [0.4, 0.5) is 0 Å². The Kier molecular flexibility index (Phi) is 6.16. The highest BCUT2D eigenvalue weighted by Crippen LogP contribution is 2.22. The molecule has 7 nitrogen and oxygen atoms in total. The fraction of sp³-hybridized carbons (Fsp3) is 0.130. The van der Waals surface area contributed by atoms with Gasteiger partial charge in [0.1, 0.15) is 5.82 Å². The van der Waals surface area contributed by atoms with E-state index in [1.807, 2.05) is 59.4 Å². The first-order valence-corrected chi connectivity index (χ1v) is 12.0. The molecule has 164 valence electrons. The van der Waals surface area contributed by atoms with Gasteiger partial charge in [0.2, 0.25) is 0 Å². The molecule has 0 aliphatic heterocycles. The van der Waals surface area contributed by atoms with E-state index in [0.29, 0.717) is 16.4 Å². The van der Waals surface area contributed by atoms with Gasteiger partial charge in [0.15, 0.2) is 15.5 Å². The van der Waals surface area contributed by atoms with E-state index in [0.717, 1.165) is 5.69 Å². The lowest BCUT2D eigenvalue weighted by Gasteiger charge is -2.10. The topological polar surface area (TPSA) is 86.0 Å². The van der Waals surface area contributed by atoms with Gasteiger partial charge in [-0.1, -0.05) is 36.7 Å². The van der Waals surface area contributed by atoms with Gasteiger partial charge in [-0.25, -0.2) is 13.1 Å². The van der Waals surface area contributed by atoms with Crippen LogP contribution in [-0.2, 0) is 16.4 Å². The summed E-state index contributed by atoms with van der Waals surface area (Å²) in [5.41, 5.74) is 1.45. The Morgan fingerprint density at radius 1 is 1.03 bits per heavy atom. The van der Waals surface area contributed by atoms with Crippen molar-refractivity contribution in [3.8, 4) is 11.5 Å². The lowest BCUT2D eigenvalue weighted by molar-refractivity contribution is 0.0945. The number of nitrogens with one attached hydrogen (secondary N) is 1. The average Bonchev–Trinajstić information content (AvgIpc) is 3.48. The number of hydrogen-bond acceptors (Lipinski definition) is 4. The van der Waals surface area contributed by atoms with Crippen LogP contribution < -0.4 is 5.32 Å². The second-order valence-corrected chi connectivity index (χ2v) is 9.75. The molecule has 4 rings (SSSR count).